The fourth-order valence-electron chi connectivity index (χ4n) is 2.73. The van der Waals surface area contributed by atoms with Crippen LogP contribution in [0.2, 0.25) is 0 Å². The van der Waals surface area contributed by atoms with Crippen molar-refractivity contribution in [3.8, 4) is 5.75 Å². The lowest BCUT2D eigenvalue weighted by Crippen LogP contribution is -2.20. The molecule has 0 radical (unpaired) electrons. The topological polar surface area (TPSA) is 65.4 Å². The van der Waals surface area contributed by atoms with Gasteiger partial charge in [-0.25, -0.2) is 0 Å². The molecule has 1 N–H and O–H groups in total. The summed E-state index contributed by atoms with van der Waals surface area (Å²) in [6, 6.07) is 5.29. The van der Waals surface area contributed by atoms with Gasteiger partial charge in [0.05, 0.1) is 24.6 Å². The van der Waals surface area contributed by atoms with E-state index < -0.39 is 0 Å². The lowest BCUT2D eigenvalue weighted by atomic mass is 10.0. The first-order valence-electron chi connectivity index (χ1n) is 7.91. The first-order valence-corrected chi connectivity index (χ1v) is 8.70. The predicted molar refractivity (Wildman–Crippen MR) is 94.4 cm³/mol. The van der Waals surface area contributed by atoms with Crippen molar-refractivity contribution in [2.75, 3.05) is 25.6 Å². The molecule has 1 amide bonds. The highest BCUT2D eigenvalue weighted by Crippen LogP contribution is 2.24. The second-order valence-electron chi connectivity index (χ2n) is 5.81. The summed E-state index contributed by atoms with van der Waals surface area (Å²) in [6.07, 6.45) is 5.64. The van der Waals surface area contributed by atoms with Crippen molar-refractivity contribution < 1.29 is 14.3 Å². The number of ether oxygens (including phenoxy) is 2. The van der Waals surface area contributed by atoms with Gasteiger partial charge < -0.3 is 14.8 Å². The normalized spacial score (nSPS) is 15.2. The molecule has 1 fully saturated rings. The Morgan fingerprint density at radius 2 is 2.25 bits per heavy atom. The van der Waals surface area contributed by atoms with E-state index in [0.717, 1.165) is 37.1 Å². The van der Waals surface area contributed by atoms with Gasteiger partial charge in [-0.3, -0.25) is 9.48 Å². The van der Waals surface area contributed by atoms with E-state index in [4.69, 9.17) is 9.47 Å². The first-order chi connectivity index (χ1) is 11.7. The molecule has 0 saturated carbocycles. The lowest BCUT2D eigenvalue weighted by molar-refractivity contribution is 0.0601. The van der Waals surface area contributed by atoms with Crippen LogP contribution in [0, 0.1) is 5.92 Å². The largest absolute Gasteiger partial charge is 0.497 e. The summed E-state index contributed by atoms with van der Waals surface area (Å²) >= 11 is 3.40. The number of hydrogen-bond donors (Lipinski definition) is 1. The Balaban J connectivity index is 1.64. The maximum absolute atomic E-state index is 12.5. The van der Waals surface area contributed by atoms with Gasteiger partial charge in [0.2, 0.25) is 0 Å². The molecule has 0 aliphatic carbocycles. The van der Waals surface area contributed by atoms with E-state index in [9.17, 15) is 4.79 Å². The fraction of sp³-hybridized carbons (Fsp3) is 0.412. The van der Waals surface area contributed by atoms with Crippen LogP contribution in [0.15, 0.2) is 35.1 Å². The van der Waals surface area contributed by atoms with Crippen LogP contribution in [-0.4, -0.2) is 36.0 Å². The van der Waals surface area contributed by atoms with Crippen molar-refractivity contribution >= 4 is 27.5 Å². The number of amides is 1. The van der Waals surface area contributed by atoms with Crippen LogP contribution in [0.5, 0.6) is 5.75 Å². The number of hydrogen-bond acceptors (Lipinski definition) is 4. The summed E-state index contributed by atoms with van der Waals surface area (Å²) in [7, 11) is 1.57. The number of carbonyl (C=O) groups is 1. The van der Waals surface area contributed by atoms with Crippen molar-refractivity contribution in [3.05, 3.63) is 40.6 Å². The van der Waals surface area contributed by atoms with Crippen molar-refractivity contribution in [2.24, 2.45) is 5.92 Å². The number of benzene rings is 1. The van der Waals surface area contributed by atoms with Crippen molar-refractivity contribution in [3.63, 3.8) is 0 Å². The molecule has 6 nitrogen and oxygen atoms in total. The molecule has 2 aromatic rings. The van der Waals surface area contributed by atoms with E-state index in [1.165, 1.54) is 0 Å². The fourth-order valence-corrected chi connectivity index (χ4v) is 3.15. The SMILES string of the molecule is COc1ccc(Br)c(C(=O)Nc2cnn(CC3CCOCC3)c2)c1. The number of rotatable bonds is 5. The third-order valence-corrected chi connectivity index (χ3v) is 4.79. The third-order valence-electron chi connectivity index (χ3n) is 4.10. The maximum atomic E-state index is 12.5. The Hall–Kier alpha value is -1.86. The molecule has 1 aliphatic heterocycles. The van der Waals surface area contributed by atoms with Crippen LogP contribution in [0.3, 0.4) is 0 Å². The van der Waals surface area contributed by atoms with E-state index in [2.05, 4.69) is 26.3 Å². The Kier molecular flexibility index (Phi) is 5.52. The van der Waals surface area contributed by atoms with Gasteiger partial charge in [-0.2, -0.15) is 5.10 Å². The maximum Gasteiger partial charge on any atom is 0.257 e. The Bertz CT molecular complexity index is 711. The summed E-state index contributed by atoms with van der Waals surface area (Å²) in [5.41, 5.74) is 1.20. The molecule has 3 rings (SSSR count). The minimum Gasteiger partial charge on any atom is -0.497 e. The molecular formula is C17H20BrN3O3. The molecule has 0 unspecified atom stereocenters. The van der Waals surface area contributed by atoms with E-state index in [1.54, 1.807) is 31.5 Å². The first kappa shape index (κ1) is 17.0. The quantitative estimate of drug-likeness (QED) is 0.845. The number of nitrogens with one attached hydrogen (secondary N) is 1. The number of carbonyl (C=O) groups excluding carboxylic acids is 1. The average molecular weight is 394 g/mol. The van der Waals surface area contributed by atoms with Crippen molar-refractivity contribution in [1.29, 1.82) is 0 Å². The minimum absolute atomic E-state index is 0.202. The Morgan fingerprint density at radius 1 is 1.46 bits per heavy atom. The molecule has 128 valence electrons. The van der Waals surface area contributed by atoms with Gasteiger partial charge in [0.15, 0.2) is 0 Å². The van der Waals surface area contributed by atoms with E-state index in [0.29, 0.717) is 22.9 Å². The molecule has 0 spiro atoms. The number of aromatic nitrogens is 2. The molecule has 7 heteroatoms. The third kappa shape index (κ3) is 4.15. The smallest absolute Gasteiger partial charge is 0.257 e. The summed E-state index contributed by atoms with van der Waals surface area (Å²) in [5.74, 6) is 1.01. The monoisotopic (exact) mass is 393 g/mol. The summed E-state index contributed by atoms with van der Waals surface area (Å²) in [5, 5.41) is 7.21. The highest BCUT2D eigenvalue weighted by atomic mass is 79.9. The van der Waals surface area contributed by atoms with Gasteiger partial charge in [-0.05, 0) is 52.9 Å². The van der Waals surface area contributed by atoms with Crippen LogP contribution in [0.4, 0.5) is 5.69 Å². The van der Waals surface area contributed by atoms with Crippen LogP contribution in [0.25, 0.3) is 0 Å². The van der Waals surface area contributed by atoms with E-state index in [1.807, 2.05) is 10.9 Å². The second-order valence-corrected chi connectivity index (χ2v) is 6.66. The zero-order valence-corrected chi connectivity index (χ0v) is 15.1. The standard InChI is InChI=1S/C17H20BrN3O3/c1-23-14-2-3-16(18)15(8-14)17(22)20-13-9-19-21(11-13)10-12-4-6-24-7-5-12/h2-3,8-9,11-12H,4-7,10H2,1H3,(H,20,22). The molecule has 24 heavy (non-hydrogen) atoms. The second kappa shape index (κ2) is 7.81. The number of nitrogens with zero attached hydrogens (tertiary/aromatic N) is 2. The van der Waals surface area contributed by atoms with Gasteiger partial charge in [-0.15, -0.1) is 0 Å². The Labute approximate surface area is 149 Å². The zero-order chi connectivity index (χ0) is 16.9. The molecule has 2 heterocycles. The molecule has 0 bridgehead atoms. The van der Waals surface area contributed by atoms with Gasteiger partial charge in [0.1, 0.15) is 5.75 Å². The average Bonchev–Trinajstić information content (AvgIpc) is 3.03. The molecule has 1 aromatic carbocycles. The molecule has 0 atom stereocenters. The number of methoxy groups -OCH3 is 1. The summed E-state index contributed by atoms with van der Waals surface area (Å²) < 4.78 is 13.1. The zero-order valence-electron chi connectivity index (χ0n) is 13.5. The summed E-state index contributed by atoms with van der Waals surface area (Å²) in [6.45, 7) is 2.49. The van der Waals surface area contributed by atoms with Crippen LogP contribution >= 0.6 is 15.9 Å². The van der Waals surface area contributed by atoms with Gasteiger partial charge in [0, 0.05) is 30.4 Å². The summed E-state index contributed by atoms with van der Waals surface area (Å²) in [4.78, 5) is 12.5. The molecule has 1 saturated heterocycles. The predicted octanol–water partition coefficient (Wildman–Crippen LogP) is 3.33. The van der Waals surface area contributed by atoms with Crippen LogP contribution < -0.4 is 10.1 Å². The van der Waals surface area contributed by atoms with Gasteiger partial charge in [-0.1, -0.05) is 0 Å². The van der Waals surface area contributed by atoms with Gasteiger partial charge in [0.25, 0.3) is 5.91 Å². The van der Waals surface area contributed by atoms with E-state index in [-0.39, 0.29) is 5.91 Å². The highest BCUT2D eigenvalue weighted by Gasteiger charge is 2.16. The van der Waals surface area contributed by atoms with Crippen LogP contribution in [0.1, 0.15) is 23.2 Å². The van der Waals surface area contributed by atoms with Crippen molar-refractivity contribution in [2.45, 2.75) is 19.4 Å². The molecular weight excluding hydrogens is 374 g/mol. The van der Waals surface area contributed by atoms with E-state index >= 15 is 0 Å². The van der Waals surface area contributed by atoms with Crippen LogP contribution in [-0.2, 0) is 11.3 Å². The molecule has 1 aliphatic rings. The Morgan fingerprint density at radius 3 is 3.00 bits per heavy atom. The minimum atomic E-state index is -0.202. The molecule has 1 aromatic heterocycles. The van der Waals surface area contributed by atoms with Crippen molar-refractivity contribution in [1.82, 2.24) is 9.78 Å². The lowest BCUT2D eigenvalue weighted by Gasteiger charge is -2.21. The number of anilines is 1. The van der Waals surface area contributed by atoms with Gasteiger partial charge >= 0.3 is 0 Å². The number of halogens is 1. The highest BCUT2D eigenvalue weighted by molar-refractivity contribution is 9.10.